The summed E-state index contributed by atoms with van der Waals surface area (Å²) in [6, 6.07) is 10.3. The Morgan fingerprint density at radius 3 is 2.30 bits per heavy atom. The van der Waals surface area contributed by atoms with Crippen LogP contribution in [0.1, 0.15) is 17.3 Å². The SMILES string of the molecule is C[C@@H](Oc1ccc(F)cc1)C(=O)NNC(=O)CNC(=O)c1ccccc1OC(F)F. The summed E-state index contributed by atoms with van der Waals surface area (Å²) >= 11 is 0. The van der Waals surface area contributed by atoms with Crippen LogP contribution in [-0.2, 0) is 9.59 Å². The standard InChI is InChI=1S/C19H18F3N3O5/c1-11(29-13-8-6-12(20)7-9-13)17(27)25-24-16(26)10-23-18(28)14-4-2-3-5-15(14)30-19(21)22/h2-9,11,19H,10H2,1H3,(H,23,28)(H,24,26)(H,25,27)/t11-/m1/s1. The number of alkyl halides is 2. The average molecular weight is 425 g/mol. The molecule has 0 heterocycles. The predicted molar refractivity (Wildman–Crippen MR) is 98.2 cm³/mol. The molecule has 0 radical (unpaired) electrons. The van der Waals surface area contributed by atoms with Gasteiger partial charge in [-0.3, -0.25) is 25.2 Å². The van der Waals surface area contributed by atoms with Gasteiger partial charge in [-0.15, -0.1) is 0 Å². The quantitative estimate of drug-likeness (QED) is 0.559. The molecule has 2 aromatic rings. The fourth-order valence-corrected chi connectivity index (χ4v) is 2.16. The molecule has 0 spiro atoms. The highest BCUT2D eigenvalue weighted by Crippen LogP contribution is 2.20. The second-order valence-electron chi connectivity index (χ2n) is 5.81. The number of para-hydroxylation sites is 1. The Kier molecular flexibility index (Phi) is 8.03. The van der Waals surface area contributed by atoms with E-state index in [0.717, 1.165) is 12.1 Å². The Morgan fingerprint density at radius 1 is 0.967 bits per heavy atom. The van der Waals surface area contributed by atoms with Crippen molar-refractivity contribution in [2.75, 3.05) is 6.54 Å². The number of carbonyl (C=O) groups excluding carboxylic acids is 3. The molecule has 0 aromatic heterocycles. The molecule has 1 atom stereocenters. The summed E-state index contributed by atoms with van der Waals surface area (Å²) in [5, 5.41) is 2.22. The molecule has 8 nitrogen and oxygen atoms in total. The summed E-state index contributed by atoms with van der Waals surface area (Å²) in [4.78, 5) is 35.8. The highest BCUT2D eigenvalue weighted by Gasteiger charge is 2.18. The maximum atomic E-state index is 12.9. The van der Waals surface area contributed by atoms with E-state index >= 15 is 0 Å². The largest absolute Gasteiger partial charge is 0.481 e. The van der Waals surface area contributed by atoms with Gasteiger partial charge in [-0.25, -0.2) is 4.39 Å². The normalized spacial score (nSPS) is 11.4. The molecule has 0 saturated carbocycles. The molecule has 0 bridgehead atoms. The number of ether oxygens (including phenoxy) is 2. The van der Waals surface area contributed by atoms with Gasteiger partial charge in [-0.2, -0.15) is 8.78 Å². The lowest BCUT2D eigenvalue weighted by Gasteiger charge is -2.15. The number of benzene rings is 2. The molecule has 11 heteroatoms. The van der Waals surface area contributed by atoms with E-state index in [1.807, 2.05) is 0 Å². The number of rotatable bonds is 8. The molecule has 2 rings (SSSR count). The molecule has 0 fully saturated rings. The molecule has 0 aliphatic carbocycles. The first kappa shape index (κ1) is 22.5. The Labute approximate surface area is 169 Å². The lowest BCUT2D eigenvalue weighted by molar-refractivity contribution is -0.132. The van der Waals surface area contributed by atoms with Crippen molar-refractivity contribution in [3.05, 3.63) is 59.9 Å². The van der Waals surface area contributed by atoms with Crippen LogP contribution in [0.5, 0.6) is 11.5 Å². The number of nitrogens with one attached hydrogen (secondary N) is 3. The molecule has 160 valence electrons. The Morgan fingerprint density at radius 2 is 1.63 bits per heavy atom. The fraction of sp³-hybridized carbons (Fsp3) is 0.211. The Balaban J connectivity index is 1.78. The fourth-order valence-electron chi connectivity index (χ4n) is 2.16. The summed E-state index contributed by atoms with van der Waals surface area (Å²) in [5.41, 5.74) is 3.99. The van der Waals surface area contributed by atoms with Gasteiger partial charge >= 0.3 is 6.61 Å². The molecule has 2 aromatic carbocycles. The zero-order chi connectivity index (χ0) is 22.1. The van der Waals surface area contributed by atoms with Gasteiger partial charge in [0.1, 0.15) is 17.3 Å². The van der Waals surface area contributed by atoms with E-state index < -0.39 is 42.8 Å². The van der Waals surface area contributed by atoms with Crippen molar-refractivity contribution in [2.45, 2.75) is 19.6 Å². The molecule has 0 aliphatic heterocycles. The lowest BCUT2D eigenvalue weighted by atomic mass is 10.2. The maximum absolute atomic E-state index is 12.9. The smallest absolute Gasteiger partial charge is 0.387 e. The van der Waals surface area contributed by atoms with E-state index in [-0.39, 0.29) is 17.1 Å². The lowest BCUT2D eigenvalue weighted by Crippen LogP contribution is -2.50. The zero-order valence-electron chi connectivity index (χ0n) is 15.7. The Bertz CT molecular complexity index is 893. The highest BCUT2D eigenvalue weighted by atomic mass is 19.3. The number of hydrogen-bond donors (Lipinski definition) is 3. The topological polar surface area (TPSA) is 106 Å². The first-order chi connectivity index (χ1) is 14.3. The minimum Gasteiger partial charge on any atom is -0.481 e. The van der Waals surface area contributed by atoms with Gasteiger partial charge in [0.15, 0.2) is 6.10 Å². The van der Waals surface area contributed by atoms with E-state index in [1.165, 1.54) is 43.3 Å². The van der Waals surface area contributed by atoms with Crippen molar-refractivity contribution in [1.82, 2.24) is 16.2 Å². The predicted octanol–water partition coefficient (Wildman–Crippen LogP) is 1.77. The van der Waals surface area contributed by atoms with Crippen LogP contribution < -0.4 is 25.6 Å². The van der Waals surface area contributed by atoms with Gasteiger partial charge in [-0.05, 0) is 43.3 Å². The number of carbonyl (C=O) groups is 3. The highest BCUT2D eigenvalue weighted by molar-refractivity contribution is 5.98. The van der Waals surface area contributed by atoms with Crippen LogP contribution in [0.15, 0.2) is 48.5 Å². The third-order valence-corrected chi connectivity index (χ3v) is 3.58. The minimum atomic E-state index is -3.11. The number of halogens is 3. The van der Waals surface area contributed by atoms with Crippen LogP contribution in [-0.4, -0.2) is 37.0 Å². The molecular formula is C19H18F3N3O5. The van der Waals surface area contributed by atoms with Crippen LogP contribution in [0.2, 0.25) is 0 Å². The molecule has 3 amide bonds. The second kappa shape index (κ2) is 10.7. The van der Waals surface area contributed by atoms with E-state index in [1.54, 1.807) is 0 Å². The average Bonchev–Trinajstić information content (AvgIpc) is 2.71. The number of hydrazine groups is 1. The van der Waals surface area contributed by atoms with Crippen LogP contribution in [0.3, 0.4) is 0 Å². The van der Waals surface area contributed by atoms with Crippen molar-refractivity contribution < 1.29 is 37.0 Å². The molecule has 0 unspecified atom stereocenters. The third-order valence-electron chi connectivity index (χ3n) is 3.58. The molecule has 3 N–H and O–H groups in total. The van der Waals surface area contributed by atoms with Gasteiger partial charge in [0.2, 0.25) is 0 Å². The third kappa shape index (κ3) is 7.00. The van der Waals surface area contributed by atoms with Crippen molar-refractivity contribution in [3.8, 4) is 11.5 Å². The van der Waals surface area contributed by atoms with Crippen molar-refractivity contribution in [1.29, 1.82) is 0 Å². The molecule has 30 heavy (non-hydrogen) atoms. The van der Waals surface area contributed by atoms with Gasteiger partial charge in [0.05, 0.1) is 12.1 Å². The first-order valence-electron chi connectivity index (χ1n) is 8.59. The maximum Gasteiger partial charge on any atom is 0.387 e. The van der Waals surface area contributed by atoms with Gasteiger partial charge in [-0.1, -0.05) is 12.1 Å². The number of hydrogen-bond acceptors (Lipinski definition) is 5. The Hall–Kier alpha value is -3.76. The second-order valence-corrected chi connectivity index (χ2v) is 5.81. The van der Waals surface area contributed by atoms with Gasteiger partial charge in [0.25, 0.3) is 17.7 Å². The van der Waals surface area contributed by atoms with Crippen molar-refractivity contribution >= 4 is 17.7 Å². The summed E-state index contributed by atoms with van der Waals surface area (Å²) in [7, 11) is 0. The summed E-state index contributed by atoms with van der Waals surface area (Å²) in [6.07, 6.45) is -1.01. The van der Waals surface area contributed by atoms with E-state index in [0.29, 0.717) is 0 Å². The molecule has 0 saturated heterocycles. The first-order valence-corrected chi connectivity index (χ1v) is 8.59. The van der Waals surface area contributed by atoms with Gasteiger partial charge in [0, 0.05) is 0 Å². The summed E-state index contributed by atoms with van der Waals surface area (Å²) in [5.74, 6) is -2.85. The van der Waals surface area contributed by atoms with Crippen LogP contribution in [0.25, 0.3) is 0 Å². The van der Waals surface area contributed by atoms with Crippen LogP contribution in [0, 0.1) is 5.82 Å². The van der Waals surface area contributed by atoms with E-state index in [9.17, 15) is 27.6 Å². The number of amides is 3. The van der Waals surface area contributed by atoms with Crippen molar-refractivity contribution in [3.63, 3.8) is 0 Å². The summed E-state index contributed by atoms with van der Waals surface area (Å²) < 4.78 is 47.2. The van der Waals surface area contributed by atoms with Gasteiger partial charge < -0.3 is 14.8 Å². The monoisotopic (exact) mass is 425 g/mol. The van der Waals surface area contributed by atoms with Crippen LogP contribution >= 0.6 is 0 Å². The zero-order valence-corrected chi connectivity index (χ0v) is 15.7. The van der Waals surface area contributed by atoms with Crippen molar-refractivity contribution in [2.24, 2.45) is 0 Å². The van der Waals surface area contributed by atoms with E-state index in [4.69, 9.17) is 4.74 Å². The molecular weight excluding hydrogens is 407 g/mol. The molecule has 0 aliphatic rings. The van der Waals surface area contributed by atoms with E-state index in [2.05, 4.69) is 20.9 Å². The minimum absolute atomic E-state index is 0.184. The summed E-state index contributed by atoms with van der Waals surface area (Å²) in [6.45, 7) is -2.25. The van der Waals surface area contributed by atoms with Crippen LogP contribution in [0.4, 0.5) is 13.2 Å².